The van der Waals surface area contributed by atoms with Gasteiger partial charge in [-0.3, -0.25) is 15.0 Å². The number of rotatable bonds is 6. The zero-order valence-electron chi connectivity index (χ0n) is 17.4. The van der Waals surface area contributed by atoms with E-state index in [0.717, 1.165) is 11.1 Å². The molecule has 0 saturated carbocycles. The van der Waals surface area contributed by atoms with Crippen molar-refractivity contribution < 1.29 is 19.4 Å². The summed E-state index contributed by atoms with van der Waals surface area (Å²) in [4.78, 5) is 26.4. The third-order valence-corrected chi connectivity index (χ3v) is 6.23. The van der Waals surface area contributed by atoms with Crippen molar-refractivity contribution in [3.8, 4) is 11.5 Å². The molecule has 0 bridgehead atoms. The van der Waals surface area contributed by atoms with Gasteiger partial charge in [-0.15, -0.1) is 0 Å². The van der Waals surface area contributed by atoms with E-state index in [1.54, 1.807) is 37.5 Å². The Kier molecular flexibility index (Phi) is 6.47. The van der Waals surface area contributed by atoms with Crippen LogP contribution in [0.5, 0.6) is 11.5 Å². The van der Waals surface area contributed by atoms with E-state index in [1.807, 2.05) is 54.6 Å². The van der Waals surface area contributed by atoms with Crippen LogP contribution in [0.25, 0.3) is 6.08 Å². The number of methoxy groups -OCH3 is 1. The minimum Gasteiger partial charge on any atom is -0.507 e. The van der Waals surface area contributed by atoms with Crippen molar-refractivity contribution in [1.82, 2.24) is 10.4 Å². The summed E-state index contributed by atoms with van der Waals surface area (Å²) in [5.74, 6) is 0.168. The molecule has 4 rings (SSSR count). The van der Waals surface area contributed by atoms with Crippen molar-refractivity contribution in [1.29, 1.82) is 0 Å². The van der Waals surface area contributed by atoms with Gasteiger partial charge < -0.3 is 9.84 Å². The first-order chi connectivity index (χ1) is 15.5. The van der Waals surface area contributed by atoms with Gasteiger partial charge in [0.2, 0.25) is 5.91 Å². The van der Waals surface area contributed by atoms with Gasteiger partial charge in [-0.2, -0.15) is 0 Å². The van der Waals surface area contributed by atoms with Crippen LogP contribution in [-0.2, 0) is 16.0 Å². The summed E-state index contributed by atoms with van der Waals surface area (Å²) in [6.45, 7) is 0. The van der Waals surface area contributed by atoms with Crippen LogP contribution in [-0.4, -0.2) is 29.0 Å². The van der Waals surface area contributed by atoms with Gasteiger partial charge in [0.05, 0.1) is 18.4 Å². The monoisotopic (exact) mass is 446 g/mol. The third kappa shape index (κ3) is 4.78. The first kappa shape index (κ1) is 21.5. The average Bonchev–Trinajstić information content (AvgIpc) is 3.11. The van der Waals surface area contributed by atoms with Crippen LogP contribution in [0.2, 0.25) is 0 Å². The molecule has 1 heterocycles. The topological polar surface area (TPSA) is 78.9 Å². The molecule has 0 radical (unpaired) electrons. The molecule has 2 amide bonds. The summed E-state index contributed by atoms with van der Waals surface area (Å²) in [6.07, 6.45) is 1.80. The highest BCUT2D eigenvalue weighted by Gasteiger charge is 2.38. The summed E-state index contributed by atoms with van der Waals surface area (Å²) >= 11 is 1.32. The second kappa shape index (κ2) is 9.62. The van der Waals surface area contributed by atoms with Gasteiger partial charge in [-0.25, -0.2) is 5.01 Å². The molecule has 6 nitrogen and oxygen atoms in total. The predicted molar refractivity (Wildman–Crippen MR) is 125 cm³/mol. The maximum Gasteiger partial charge on any atom is 0.280 e. The Bertz CT molecular complexity index is 1150. The van der Waals surface area contributed by atoms with Gasteiger partial charge in [-0.1, -0.05) is 72.4 Å². The number of benzene rings is 3. The highest BCUT2D eigenvalue weighted by Crippen LogP contribution is 2.45. The van der Waals surface area contributed by atoms with Crippen LogP contribution in [0.4, 0.5) is 0 Å². The molecule has 162 valence electrons. The summed E-state index contributed by atoms with van der Waals surface area (Å²) in [5.41, 5.74) is 5.01. The Morgan fingerprint density at radius 2 is 1.75 bits per heavy atom. The van der Waals surface area contributed by atoms with E-state index in [0.29, 0.717) is 16.2 Å². The molecular formula is C25H22N2O4S. The van der Waals surface area contributed by atoms with Crippen molar-refractivity contribution in [3.05, 3.63) is 100 Å². The number of carbonyl (C=O) groups excluding carboxylic acids is 2. The molecule has 1 saturated heterocycles. The number of aromatic hydroxyl groups is 1. The second-order valence-electron chi connectivity index (χ2n) is 7.18. The van der Waals surface area contributed by atoms with E-state index in [-0.39, 0.29) is 24.0 Å². The van der Waals surface area contributed by atoms with E-state index in [9.17, 15) is 14.7 Å². The van der Waals surface area contributed by atoms with E-state index < -0.39 is 5.37 Å². The molecule has 7 heteroatoms. The molecule has 1 aliphatic heterocycles. The second-order valence-corrected chi connectivity index (χ2v) is 8.31. The lowest BCUT2D eigenvalue weighted by atomic mass is 10.1. The first-order valence-electron chi connectivity index (χ1n) is 10.0. The lowest BCUT2D eigenvalue weighted by Gasteiger charge is -2.24. The highest BCUT2D eigenvalue weighted by molar-refractivity contribution is 8.04. The molecule has 0 aromatic heterocycles. The average molecular weight is 447 g/mol. The van der Waals surface area contributed by atoms with Gasteiger partial charge in [0.1, 0.15) is 16.9 Å². The van der Waals surface area contributed by atoms with E-state index >= 15 is 0 Å². The Balaban J connectivity index is 1.62. The Labute approximate surface area is 190 Å². The number of hydrazine groups is 1. The number of phenols is 1. The predicted octanol–water partition coefficient (Wildman–Crippen LogP) is 4.29. The number of nitrogens with zero attached hydrogens (tertiary/aromatic N) is 1. The van der Waals surface area contributed by atoms with Crippen molar-refractivity contribution in [2.75, 3.05) is 7.11 Å². The van der Waals surface area contributed by atoms with Crippen LogP contribution in [0.3, 0.4) is 0 Å². The van der Waals surface area contributed by atoms with Crippen molar-refractivity contribution in [2.24, 2.45) is 0 Å². The van der Waals surface area contributed by atoms with Gasteiger partial charge in [-0.05, 0) is 35.4 Å². The minimum atomic E-state index is -0.453. The maximum absolute atomic E-state index is 13.2. The van der Waals surface area contributed by atoms with Gasteiger partial charge in [0, 0.05) is 5.56 Å². The quantitative estimate of drug-likeness (QED) is 0.553. The number of amides is 2. The molecular weight excluding hydrogens is 424 g/mol. The van der Waals surface area contributed by atoms with Crippen molar-refractivity contribution >= 4 is 29.7 Å². The largest absolute Gasteiger partial charge is 0.507 e. The number of thioether (sulfide) groups is 1. The lowest BCUT2D eigenvalue weighted by Crippen LogP contribution is -2.44. The Hall–Kier alpha value is -3.71. The van der Waals surface area contributed by atoms with Crippen LogP contribution < -0.4 is 10.2 Å². The number of phenolic OH excluding ortho intramolecular Hbond substituents is 1. The smallest absolute Gasteiger partial charge is 0.280 e. The van der Waals surface area contributed by atoms with E-state index in [1.165, 1.54) is 16.8 Å². The fourth-order valence-electron chi connectivity index (χ4n) is 3.35. The molecule has 32 heavy (non-hydrogen) atoms. The molecule has 3 aromatic rings. The van der Waals surface area contributed by atoms with Crippen LogP contribution in [0.15, 0.2) is 83.8 Å². The van der Waals surface area contributed by atoms with Gasteiger partial charge >= 0.3 is 0 Å². The summed E-state index contributed by atoms with van der Waals surface area (Å²) < 4.78 is 5.23. The molecule has 0 unspecified atom stereocenters. The summed E-state index contributed by atoms with van der Waals surface area (Å²) in [5, 5.41) is 11.0. The van der Waals surface area contributed by atoms with Gasteiger partial charge in [0.25, 0.3) is 5.91 Å². The van der Waals surface area contributed by atoms with Crippen LogP contribution >= 0.6 is 11.8 Å². The van der Waals surface area contributed by atoms with E-state index in [4.69, 9.17) is 4.74 Å². The normalized spacial score (nSPS) is 16.9. The maximum atomic E-state index is 13.2. The number of hydrogen-bond acceptors (Lipinski definition) is 5. The lowest BCUT2D eigenvalue weighted by molar-refractivity contribution is -0.137. The Morgan fingerprint density at radius 1 is 1.06 bits per heavy atom. The fraction of sp³-hybridized carbons (Fsp3) is 0.120. The first-order valence-corrected chi connectivity index (χ1v) is 10.9. The Morgan fingerprint density at radius 3 is 2.44 bits per heavy atom. The summed E-state index contributed by atoms with van der Waals surface area (Å²) in [7, 11) is 1.59. The summed E-state index contributed by atoms with van der Waals surface area (Å²) in [6, 6.07) is 23.5. The number of ether oxygens (including phenoxy) is 1. The number of hydrogen-bond donors (Lipinski definition) is 2. The van der Waals surface area contributed by atoms with Crippen LogP contribution in [0.1, 0.15) is 22.1 Å². The molecule has 3 aromatic carbocycles. The van der Waals surface area contributed by atoms with Gasteiger partial charge in [0.15, 0.2) is 0 Å². The molecule has 1 fully saturated rings. The highest BCUT2D eigenvalue weighted by atomic mass is 32.2. The zero-order valence-corrected chi connectivity index (χ0v) is 18.2. The standard InChI is InChI=1S/C25H22N2O4S/c1-31-20-13-11-18(12-14-20)25-27(26-23(29)15-17-7-3-2-4-8-17)24(30)22(32-25)16-19-9-5-6-10-21(19)28/h2-14,16,25,28H,15H2,1H3,(H,26,29)/b22-16-/t25-/m0/s1. The minimum absolute atomic E-state index is 0.0842. The number of para-hydroxylation sites is 1. The molecule has 2 N–H and O–H groups in total. The van der Waals surface area contributed by atoms with Crippen molar-refractivity contribution in [3.63, 3.8) is 0 Å². The molecule has 1 atom stereocenters. The zero-order chi connectivity index (χ0) is 22.5. The molecule has 1 aliphatic rings. The SMILES string of the molecule is COc1ccc([C@@H]2S/C(=C\c3ccccc3O)C(=O)N2NC(=O)Cc2ccccc2)cc1. The molecule has 0 spiro atoms. The van der Waals surface area contributed by atoms with Crippen molar-refractivity contribution in [2.45, 2.75) is 11.8 Å². The fourth-order valence-corrected chi connectivity index (χ4v) is 4.53. The molecule has 0 aliphatic carbocycles. The van der Waals surface area contributed by atoms with Crippen LogP contribution in [0, 0.1) is 0 Å². The number of carbonyl (C=O) groups is 2. The number of nitrogens with one attached hydrogen (secondary N) is 1. The van der Waals surface area contributed by atoms with E-state index in [2.05, 4.69) is 5.43 Å². The third-order valence-electron chi connectivity index (χ3n) is 4.98.